The highest BCUT2D eigenvalue weighted by Crippen LogP contribution is 2.28. The van der Waals surface area contributed by atoms with E-state index in [1.54, 1.807) is 12.1 Å². The number of benzene rings is 2. The number of hydrogen-bond donors (Lipinski definition) is 1. The molecule has 0 aliphatic rings. The van der Waals surface area contributed by atoms with Gasteiger partial charge in [0, 0.05) is 6.16 Å². The normalized spacial score (nSPS) is 12.0. The maximum absolute atomic E-state index is 11.8. The van der Waals surface area contributed by atoms with E-state index < -0.39 is 8.03 Å². The first-order valence-electron chi connectivity index (χ1n) is 5.78. The molecule has 0 radical (unpaired) electrons. The summed E-state index contributed by atoms with van der Waals surface area (Å²) in [6.07, 6.45) is 1.27. The maximum atomic E-state index is 11.8. The van der Waals surface area contributed by atoms with Crippen molar-refractivity contribution < 1.29 is 14.2 Å². The van der Waals surface area contributed by atoms with Gasteiger partial charge >= 0.3 is 0 Å². The highest BCUT2D eigenvalue weighted by atomic mass is 31.1. The third-order valence-corrected chi connectivity index (χ3v) is 3.65. The molecule has 2 aromatic carbocycles. The number of phenolic OH excluding ortho intramolecular Hbond substituents is 1. The topological polar surface area (TPSA) is 46.5 Å². The van der Waals surface area contributed by atoms with Gasteiger partial charge in [-0.05, 0) is 36.2 Å². The van der Waals surface area contributed by atoms with Crippen molar-refractivity contribution >= 4 is 8.03 Å². The van der Waals surface area contributed by atoms with Crippen LogP contribution < -0.4 is 4.52 Å². The zero-order valence-electron chi connectivity index (χ0n) is 9.87. The van der Waals surface area contributed by atoms with Crippen molar-refractivity contribution in [2.45, 2.75) is 6.42 Å². The number of aryl methyl sites for hydroxylation is 1. The Morgan fingerprint density at radius 2 is 1.67 bits per heavy atom. The van der Waals surface area contributed by atoms with E-state index in [4.69, 9.17) is 9.63 Å². The molecule has 0 spiro atoms. The monoisotopic (exact) mass is 262 g/mol. The van der Waals surface area contributed by atoms with Gasteiger partial charge in [-0.2, -0.15) is 0 Å². The smallest absolute Gasteiger partial charge is 0.237 e. The first kappa shape index (κ1) is 12.7. The molecule has 0 aromatic heterocycles. The third-order valence-electron chi connectivity index (χ3n) is 2.53. The molecule has 1 atom stereocenters. The average molecular weight is 262 g/mol. The van der Waals surface area contributed by atoms with E-state index in [1.165, 1.54) is 12.1 Å². The molecule has 0 heterocycles. The fourth-order valence-electron chi connectivity index (χ4n) is 1.59. The summed E-state index contributed by atoms with van der Waals surface area (Å²) in [6, 6.07) is 16.2. The predicted molar refractivity (Wildman–Crippen MR) is 72.7 cm³/mol. The minimum atomic E-state index is -2.08. The van der Waals surface area contributed by atoms with Crippen LogP contribution in [0.2, 0.25) is 0 Å². The van der Waals surface area contributed by atoms with Gasteiger partial charge in [-0.1, -0.05) is 30.3 Å². The lowest BCUT2D eigenvalue weighted by Gasteiger charge is -2.06. The Morgan fingerprint density at radius 3 is 2.33 bits per heavy atom. The second-order valence-corrected chi connectivity index (χ2v) is 5.40. The van der Waals surface area contributed by atoms with Gasteiger partial charge in [0.1, 0.15) is 11.5 Å². The Labute approximate surface area is 107 Å². The summed E-state index contributed by atoms with van der Waals surface area (Å²) in [7, 11) is -2.08. The minimum absolute atomic E-state index is 0.173. The van der Waals surface area contributed by atoms with Crippen LogP contribution in [0.1, 0.15) is 5.56 Å². The molecule has 0 bridgehead atoms. The number of hydrogen-bond acceptors (Lipinski definition) is 3. The first-order valence-corrected chi connectivity index (χ1v) is 7.30. The molecule has 0 saturated carbocycles. The highest BCUT2D eigenvalue weighted by molar-refractivity contribution is 7.39. The summed E-state index contributed by atoms with van der Waals surface area (Å²) in [5.41, 5.74) is 1.16. The molecule has 4 heteroatoms. The first-order chi connectivity index (χ1) is 8.74. The Kier molecular flexibility index (Phi) is 4.43. The summed E-state index contributed by atoms with van der Waals surface area (Å²) in [5, 5.41) is 9.12. The van der Waals surface area contributed by atoms with Crippen LogP contribution in [0.25, 0.3) is 0 Å². The molecular formula is C14H15O3P. The van der Waals surface area contributed by atoms with Gasteiger partial charge in [0.05, 0.1) is 0 Å². The van der Waals surface area contributed by atoms with Gasteiger partial charge in [-0.25, -0.2) is 0 Å². The van der Waals surface area contributed by atoms with E-state index >= 15 is 0 Å². The van der Waals surface area contributed by atoms with Crippen LogP contribution >= 0.6 is 8.03 Å². The van der Waals surface area contributed by atoms with Gasteiger partial charge < -0.3 is 9.63 Å². The number of phenols is 1. The molecule has 0 aliphatic carbocycles. The predicted octanol–water partition coefficient (Wildman–Crippen LogP) is 3.49. The zero-order chi connectivity index (χ0) is 12.8. The average Bonchev–Trinajstić information content (AvgIpc) is 2.40. The summed E-state index contributed by atoms with van der Waals surface area (Å²) >= 11 is 0. The Balaban J connectivity index is 1.84. The summed E-state index contributed by atoms with van der Waals surface area (Å²) < 4.78 is 17.1. The maximum Gasteiger partial charge on any atom is 0.237 e. The van der Waals surface area contributed by atoms with Crippen molar-refractivity contribution in [3.05, 3.63) is 60.2 Å². The van der Waals surface area contributed by atoms with E-state index in [0.717, 1.165) is 12.0 Å². The van der Waals surface area contributed by atoms with Crippen molar-refractivity contribution in [2.75, 3.05) is 6.16 Å². The summed E-state index contributed by atoms with van der Waals surface area (Å²) in [4.78, 5) is 0. The van der Waals surface area contributed by atoms with Crippen LogP contribution in [0, 0.1) is 0 Å². The van der Waals surface area contributed by atoms with E-state index in [2.05, 4.69) is 0 Å². The SMILES string of the molecule is O=[PH](CCc1ccccc1)Oc1ccc(O)cc1. The lowest BCUT2D eigenvalue weighted by Crippen LogP contribution is -1.91. The van der Waals surface area contributed by atoms with Gasteiger partial charge in [-0.3, -0.25) is 4.57 Å². The second kappa shape index (κ2) is 6.27. The van der Waals surface area contributed by atoms with E-state index in [1.807, 2.05) is 30.3 Å². The molecular weight excluding hydrogens is 247 g/mol. The summed E-state index contributed by atoms with van der Waals surface area (Å²) in [6.45, 7) is 0. The van der Waals surface area contributed by atoms with Crippen molar-refractivity contribution in [3.63, 3.8) is 0 Å². The van der Waals surface area contributed by atoms with Crippen LogP contribution in [-0.4, -0.2) is 11.3 Å². The largest absolute Gasteiger partial charge is 0.508 e. The van der Waals surface area contributed by atoms with E-state index in [9.17, 15) is 4.57 Å². The highest BCUT2D eigenvalue weighted by Gasteiger charge is 2.03. The molecule has 1 unspecified atom stereocenters. The zero-order valence-corrected chi connectivity index (χ0v) is 10.9. The minimum Gasteiger partial charge on any atom is -0.508 e. The fourth-order valence-corrected chi connectivity index (χ4v) is 2.58. The van der Waals surface area contributed by atoms with Crippen molar-refractivity contribution in [2.24, 2.45) is 0 Å². The van der Waals surface area contributed by atoms with Crippen LogP contribution in [0.3, 0.4) is 0 Å². The molecule has 0 fully saturated rings. The molecule has 3 nitrogen and oxygen atoms in total. The summed E-state index contributed by atoms with van der Waals surface area (Å²) in [5.74, 6) is 0.705. The Morgan fingerprint density at radius 1 is 1.00 bits per heavy atom. The second-order valence-electron chi connectivity index (χ2n) is 3.95. The van der Waals surface area contributed by atoms with E-state index in [-0.39, 0.29) is 5.75 Å². The molecule has 94 valence electrons. The Hall–Kier alpha value is -1.73. The van der Waals surface area contributed by atoms with Crippen LogP contribution in [0.4, 0.5) is 0 Å². The van der Waals surface area contributed by atoms with Gasteiger partial charge in [0.2, 0.25) is 8.03 Å². The van der Waals surface area contributed by atoms with Crippen molar-refractivity contribution in [1.82, 2.24) is 0 Å². The Bertz CT molecular complexity index is 508. The number of aromatic hydroxyl groups is 1. The molecule has 1 N–H and O–H groups in total. The lowest BCUT2D eigenvalue weighted by molar-refractivity contribution is 0.472. The molecule has 18 heavy (non-hydrogen) atoms. The van der Waals surface area contributed by atoms with Crippen LogP contribution in [-0.2, 0) is 11.0 Å². The molecule has 2 rings (SSSR count). The van der Waals surface area contributed by atoms with Crippen LogP contribution in [0.5, 0.6) is 11.5 Å². The molecule has 0 aliphatic heterocycles. The quantitative estimate of drug-likeness (QED) is 0.839. The number of rotatable bonds is 5. The van der Waals surface area contributed by atoms with Gasteiger partial charge in [-0.15, -0.1) is 0 Å². The molecule has 2 aromatic rings. The molecule has 0 saturated heterocycles. The fraction of sp³-hybridized carbons (Fsp3) is 0.143. The third kappa shape index (κ3) is 3.94. The van der Waals surface area contributed by atoms with Crippen molar-refractivity contribution in [1.29, 1.82) is 0 Å². The van der Waals surface area contributed by atoms with E-state index in [0.29, 0.717) is 11.9 Å². The molecule has 0 amide bonds. The van der Waals surface area contributed by atoms with Crippen molar-refractivity contribution in [3.8, 4) is 11.5 Å². The van der Waals surface area contributed by atoms with Gasteiger partial charge in [0.15, 0.2) is 0 Å². The standard InChI is InChI=1S/C14H15O3P/c15-13-6-8-14(9-7-13)17-18(16)11-10-12-4-2-1-3-5-12/h1-9,15,18H,10-11H2. The van der Waals surface area contributed by atoms with Gasteiger partial charge in [0.25, 0.3) is 0 Å². The van der Waals surface area contributed by atoms with Crippen LogP contribution in [0.15, 0.2) is 54.6 Å². The lowest BCUT2D eigenvalue weighted by atomic mass is 10.2.